The summed E-state index contributed by atoms with van der Waals surface area (Å²) in [6, 6.07) is 46.3. The van der Waals surface area contributed by atoms with Crippen LogP contribution in [0.1, 0.15) is 13.7 Å². The Kier molecular flexibility index (Phi) is 8.09. The number of hydrogen-bond acceptors (Lipinski definition) is 2. The Bertz CT molecular complexity index is 3890. The number of pyridine rings is 1. The van der Waals surface area contributed by atoms with Crippen molar-refractivity contribution in [3.63, 3.8) is 0 Å². The van der Waals surface area contributed by atoms with Gasteiger partial charge in [-0.1, -0.05) is 103 Å². The first-order valence-corrected chi connectivity index (χ1v) is 26.4. The van der Waals surface area contributed by atoms with Crippen LogP contribution in [0.5, 0.6) is 11.5 Å². The Labute approximate surface area is 398 Å². The normalized spacial score (nSPS) is 13.7. The van der Waals surface area contributed by atoms with Crippen molar-refractivity contribution < 1.29 is 44.1 Å². The van der Waals surface area contributed by atoms with E-state index in [0.717, 1.165) is 27.6 Å². The molecule has 0 aliphatic heterocycles. The zero-order valence-electron chi connectivity index (χ0n) is 43.9. The second kappa shape index (κ2) is 16.8. The maximum atomic E-state index is 9.02. The predicted molar refractivity (Wildman–Crippen MR) is 254 cm³/mol. The monoisotopic (exact) mass is 1060 g/mol. The molecule has 0 fully saturated rings. The van der Waals surface area contributed by atoms with Crippen LogP contribution in [0.4, 0.5) is 0 Å². The number of benzene rings is 8. The zero-order chi connectivity index (χ0) is 50.3. The van der Waals surface area contributed by atoms with E-state index in [9.17, 15) is 0 Å². The van der Waals surface area contributed by atoms with Crippen molar-refractivity contribution >= 4 is 54.9 Å². The van der Waals surface area contributed by atoms with E-state index in [1.807, 2.05) is 66.9 Å². The molecule has 63 heavy (non-hydrogen) atoms. The van der Waals surface area contributed by atoms with E-state index in [1.165, 1.54) is 8.79 Å². The van der Waals surface area contributed by atoms with E-state index in [2.05, 4.69) is 83.1 Å². The minimum absolute atomic E-state index is 0. The quantitative estimate of drug-likeness (QED) is 0.0820. The molecule has 0 unspecified atom stereocenters. The number of hydrogen-bond donors (Lipinski definition) is 0. The minimum Gasteiger partial charge on any atom is -0.0666 e. The van der Waals surface area contributed by atoms with Gasteiger partial charge in [0.05, 0.1) is 30.4 Å². The van der Waals surface area contributed by atoms with Crippen molar-refractivity contribution in [3.8, 4) is 50.9 Å². The van der Waals surface area contributed by atoms with Gasteiger partial charge in [0.25, 0.3) is 6.33 Å². The molecule has 0 aliphatic rings. The van der Waals surface area contributed by atoms with Crippen molar-refractivity contribution in [1.29, 1.82) is 0 Å². The summed E-state index contributed by atoms with van der Waals surface area (Å²) in [6.07, 6.45) is 5.30. The molecule has 0 spiro atoms. The van der Waals surface area contributed by atoms with Gasteiger partial charge in [-0.15, -0.1) is 0 Å². The van der Waals surface area contributed by atoms with E-state index >= 15 is 0 Å². The standard InChI is InChI=1S/C56H40GeN4O.Pt/c1-57(2,42-22-10-5-11-23-42)43-34-35-58-55(36-43)61-51-29-13-12-26-49(51)50-33-32-46(38-54(50)61)62-45-25-16-24-44(37-45)59-39-60(53-31-15-14-30-52(53)59)56-47(40-18-6-3-7-19-40)27-17-28-48(56)41-20-8-4-9-21-41;/h3-36H,1-2H3;/q-2;/i3D,4D,6D,7D,8D,9D,18D,19D,20D,21D;. The van der Waals surface area contributed by atoms with Gasteiger partial charge in [-0.05, 0) is 22.3 Å². The molecule has 0 amide bonds. The van der Waals surface area contributed by atoms with Crippen LogP contribution in [0.15, 0.2) is 206 Å². The van der Waals surface area contributed by atoms with Crippen LogP contribution in [0.2, 0.25) is 11.5 Å². The van der Waals surface area contributed by atoms with E-state index in [4.69, 9.17) is 23.4 Å². The summed E-state index contributed by atoms with van der Waals surface area (Å²) in [7, 11) is 0. The van der Waals surface area contributed by atoms with Crippen molar-refractivity contribution in [2.24, 2.45) is 0 Å². The Morgan fingerprint density at radius 3 is 2.00 bits per heavy atom. The van der Waals surface area contributed by atoms with Crippen LogP contribution in [0.3, 0.4) is 0 Å². The summed E-state index contributed by atoms with van der Waals surface area (Å²) in [6.45, 7) is 0. The summed E-state index contributed by atoms with van der Waals surface area (Å²) < 4.78 is 102. The average molecular weight is 1060 g/mol. The summed E-state index contributed by atoms with van der Waals surface area (Å²) >= 11 is -2.72. The first-order valence-electron chi connectivity index (χ1n) is 25.1. The van der Waals surface area contributed by atoms with Crippen LogP contribution in [0, 0.1) is 18.5 Å². The molecule has 11 aromatic rings. The van der Waals surface area contributed by atoms with Crippen molar-refractivity contribution in [1.82, 2.24) is 14.1 Å². The van der Waals surface area contributed by atoms with Gasteiger partial charge in [0.1, 0.15) is 0 Å². The van der Waals surface area contributed by atoms with E-state index in [1.54, 1.807) is 39.5 Å². The van der Waals surface area contributed by atoms with Crippen molar-refractivity contribution in [2.75, 3.05) is 0 Å². The number of rotatable bonds is 9. The summed E-state index contributed by atoms with van der Waals surface area (Å²) in [5.74, 6) is 6.36. The molecule has 0 radical (unpaired) electrons. The molecular formula is C56H40GeN4OPt-2. The molecule has 8 aromatic carbocycles. The van der Waals surface area contributed by atoms with Gasteiger partial charge < -0.3 is 0 Å². The molecule has 3 aromatic heterocycles. The van der Waals surface area contributed by atoms with Crippen LogP contribution in [-0.4, -0.2) is 27.4 Å². The smallest absolute Gasteiger partial charge is 0.0666 e. The van der Waals surface area contributed by atoms with Gasteiger partial charge >= 0.3 is 213 Å². The molecule has 11 rings (SSSR count). The molecule has 7 heteroatoms. The van der Waals surface area contributed by atoms with Crippen LogP contribution in [0.25, 0.3) is 72.3 Å². The molecule has 3 heterocycles. The van der Waals surface area contributed by atoms with Crippen molar-refractivity contribution in [2.45, 2.75) is 11.5 Å². The second-order valence-electron chi connectivity index (χ2n) is 15.3. The number of aromatic nitrogens is 4. The van der Waals surface area contributed by atoms with Gasteiger partial charge in [-0.2, -0.15) is 0 Å². The number of imidazole rings is 1. The number of ether oxygens (including phenoxy) is 1. The summed E-state index contributed by atoms with van der Waals surface area (Å²) in [5, 5.41) is 2.03. The number of nitrogens with zero attached hydrogens (tertiary/aromatic N) is 4. The topological polar surface area (TPSA) is 35.9 Å². The molecule has 306 valence electrons. The van der Waals surface area contributed by atoms with Gasteiger partial charge in [0, 0.05) is 21.1 Å². The maximum absolute atomic E-state index is 9.02. The first-order chi connectivity index (χ1) is 34.6. The fraction of sp³-hybridized carbons (Fsp3) is 0.0357. The van der Waals surface area contributed by atoms with E-state index < -0.39 is 73.7 Å². The third-order valence-corrected chi connectivity index (χ3v) is 18.7. The fourth-order valence-corrected chi connectivity index (χ4v) is 13.1. The van der Waals surface area contributed by atoms with E-state index in [0.29, 0.717) is 28.2 Å². The Balaban J connectivity index is 0.00000611. The molecule has 5 nitrogen and oxygen atoms in total. The fourth-order valence-electron chi connectivity index (χ4n) is 8.23. The van der Waals surface area contributed by atoms with Crippen LogP contribution in [-0.2, 0) is 21.1 Å². The van der Waals surface area contributed by atoms with Gasteiger partial charge in [0.15, 0.2) is 0 Å². The molecule has 0 N–H and O–H groups in total. The molecular weight excluding hydrogens is 1010 g/mol. The second-order valence-corrected chi connectivity index (χ2v) is 24.5. The third-order valence-electron chi connectivity index (χ3n) is 11.3. The predicted octanol–water partition coefficient (Wildman–Crippen LogP) is 11.7. The summed E-state index contributed by atoms with van der Waals surface area (Å²) in [5.41, 5.74) is 3.60. The number of para-hydroxylation sites is 4. The van der Waals surface area contributed by atoms with Crippen LogP contribution < -0.4 is 18.1 Å². The SMILES string of the molecule is [2H]c1c([2H])c([2H])c(-c2cccc(-c3c([2H])c([2H])c([2H])c([2H])c3[2H])c2-[n+]2[c-]n(-c3[c-]c(Oc4[c-]c5c(cc4)c4ccccc4n5-c4c[c]([Ge]([CH3])([CH3])[c]5ccccc5)ccn4)ccc3)c3ccccc32)c([2H])c1[2H].[Pt]. The third kappa shape index (κ3) is 7.31. The molecule has 0 atom stereocenters. The van der Waals surface area contributed by atoms with Gasteiger partial charge in [-0.25, -0.2) is 0 Å². The Hall–Kier alpha value is -6.79. The van der Waals surface area contributed by atoms with Crippen molar-refractivity contribution in [3.05, 3.63) is 225 Å². The van der Waals surface area contributed by atoms with Crippen LogP contribution >= 0.6 is 0 Å². The molecule has 0 saturated carbocycles. The zero-order valence-corrected chi connectivity index (χ0v) is 38.2. The molecule has 0 bridgehead atoms. The Morgan fingerprint density at radius 1 is 0.603 bits per heavy atom. The Morgan fingerprint density at radius 2 is 1.25 bits per heavy atom. The minimum atomic E-state index is -2.72. The van der Waals surface area contributed by atoms with Gasteiger partial charge in [-0.3, -0.25) is 4.57 Å². The van der Waals surface area contributed by atoms with E-state index in [-0.39, 0.29) is 49.0 Å². The molecule has 0 aliphatic carbocycles. The van der Waals surface area contributed by atoms with Gasteiger partial charge in [0.2, 0.25) is 0 Å². The average Bonchev–Trinajstić information content (AvgIpc) is 3.95. The summed E-state index contributed by atoms with van der Waals surface area (Å²) in [4.78, 5) is 4.91. The first kappa shape index (κ1) is 30.3. The number of fused-ring (bicyclic) bond motifs is 4. The molecule has 0 saturated heterocycles.